The minimum Gasteiger partial charge on any atom is -0.334 e. The van der Waals surface area contributed by atoms with Crippen molar-refractivity contribution in [3.63, 3.8) is 0 Å². The summed E-state index contributed by atoms with van der Waals surface area (Å²) >= 11 is 3.48. The van der Waals surface area contributed by atoms with E-state index in [0.29, 0.717) is 11.4 Å². The smallest absolute Gasteiger partial charge is 0.259 e. The first-order chi connectivity index (χ1) is 8.90. The van der Waals surface area contributed by atoms with Crippen molar-refractivity contribution in [2.45, 2.75) is 56.4 Å². The molecule has 1 aromatic heterocycles. The first kappa shape index (κ1) is 16.7. The molecule has 0 aliphatic rings. The SMILES string of the molecule is CCCn1cc(S(=O)(=O)NCCC(Br)CC)nc1C. The summed E-state index contributed by atoms with van der Waals surface area (Å²) in [5, 5.41) is 0.112. The summed E-state index contributed by atoms with van der Waals surface area (Å²) in [6.45, 7) is 7.14. The Morgan fingerprint density at radius 2 is 2.16 bits per heavy atom. The molecular weight excluding hydrogens is 330 g/mol. The molecule has 0 aliphatic carbocycles. The van der Waals surface area contributed by atoms with Crippen molar-refractivity contribution >= 4 is 26.0 Å². The van der Waals surface area contributed by atoms with Crippen molar-refractivity contribution in [2.75, 3.05) is 6.54 Å². The third kappa shape index (κ3) is 4.89. The number of hydrogen-bond acceptors (Lipinski definition) is 3. The second-order valence-electron chi connectivity index (χ2n) is 4.51. The molecule has 0 aliphatic heterocycles. The fourth-order valence-electron chi connectivity index (χ4n) is 1.70. The van der Waals surface area contributed by atoms with Crippen LogP contribution in [0.3, 0.4) is 0 Å². The first-order valence-corrected chi connectivity index (χ1v) is 8.98. The largest absolute Gasteiger partial charge is 0.334 e. The molecule has 0 saturated heterocycles. The third-order valence-electron chi connectivity index (χ3n) is 2.89. The second-order valence-corrected chi connectivity index (χ2v) is 7.52. The van der Waals surface area contributed by atoms with E-state index >= 15 is 0 Å². The zero-order valence-electron chi connectivity index (χ0n) is 11.7. The second kappa shape index (κ2) is 7.40. The lowest BCUT2D eigenvalue weighted by Gasteiger charge is -2.07. The number of nitrogens with zero attached hydrogens (tertiary/aromatic N) is 2. The number of rotatable bonds is 8. The van der Waals surface area contributed by atoms with Gasteiger partial charge in [0, 0.05) is 24.1 Å². The maximum absolute atomic E-state index is 12.1. The van der Waals surface area contributed by atoms with Crippen LogP contribution in [0.1, 0.15) is 38.9 Å². The number of imidazole rings is 1. The molecule has 1 rings (SSSR count). The molecule has 19 heavy (non-hydrogen) atoms. The molecule has 1 heterocycles. The van der Waals surface area contributed by atoms with Crippen LogP contribution in [0, 0.1) is 6.92 Å². The van der Waals surface area contributed by atoms with Gasteiger partial charge in [-0.25, -0.2) is 18.1 Å². The van der Waals surface area contributed by atoms with E-state index in [0.717, 1.165) is 31.6 Å². The predicted octanol–water partition coefficient (Wildman–Crippen LogP) is 2.44. The molecule has 1 aromatic rings. The van der Waals surface area contributed by atoms with Crippen LogP contribution < -0.4 is 4.72 Å². The van der Waals surface area contributed by atoms with Gasteiger partial charge in [0.15, 0.2) is 5.03 Å². The third-order valence-corrected chi connectivity index (χ3v) is 5.32. The van der Waals surface area contributed by atoms with Crippen LogP contribution in [-0.2, 0) is 16.6 Å². The maximum atomic E-state index is 12.1. The van der Waals surface area contributed by atoms with E-state index in [4.69, 9.17) is 0 Å². The van der Waals surface area contributed by atoms with Gasteiger partial charge in [-0.2, -0.15) is 0 Å². The highest BCUT2D eigenvalue weighted by Crippen LogP contribution is 2.11. The van der Waals surface area contributed by atoms with Gasteiger partial charge in [-0.3, -0.25) is 0 Å². The molecule has 1 N–H and O–H groups in total. The van der Waals surface area contributed by atoms with Crippen molar-refractivity contribution < 1.29 is 8.42 Å². The summed E-state index contributed by atoms with van der Waals surface area (Å²) in [6, 6.07) is 0. The van der Waals surface area contributed by atoms with E-state index in [1.807, 2.05) is 18.4 Å². The van der Waals surface area contributed by atoms with Gasteiger partial charge < -0.3 is 4.57 Å². The van der Waals surface area contributed by atoms with Crippen molar-refractivity contribution in [3.8, 4) is 0 Å². The Bertz CT molecular complexity index is 499. The van der Waals surface area contributed by atoms with Crippen LogP contribution in [0.25, 0.3) is 0 Å². The normalized spacial score (nSPS) is 13.7. The van der Waals surface area contributed by atoms with Gasteiger partial charge in [-0.15, -0.1) is 0 Å². The van der Waals surface area contributed by atoms with E-state index < -0.39 is 10.0 Å². The highest BCUT2D eigenvalue weighted by atomic mass is 79.9. The average Bonchev–Trinajstić information content (AvgIpc) is 2.72. The first-order valence-electron chi connectivity index (χ1n) is 6.58. The quantitative estimate of drug-likeness (QED) is 0.731. The number of sulfonamides is 1. The van der Waals surface area contributed by atoms with Gasteiger partial charge in [0.05, 0.1) is 0 Å². The summed E-state index contributed by atoms with van der Waals surface area (Å²) < 4.78 is 28.6. The lowest BCUT2D eigenvalue weighted by atomic mass is 10.2. The Balaban J connectivity index is 2.69. The molecule has 0 fully saturated rings. The van der Waals surface area contributed by atoms with Crippen LogP contribution >= 0.6 is 15.9 Å². The topological polar surface area (TPSA) is 64.0 Å². The molecule has 0 amide bonds. The van der Waals surface area contributed by atoms with E-state index in [9.17, 15) is 8.42 Å². The van der Waals surface area contributed by atoms with Crippen LogP contribution in [-0.4, -0.2) is 29.3 Å². The zero-order chi connectivity index (χ0) is 14.5. The van der Waals surface area contributed by atoms with Gasteiger partial charge in [0.1, 0.15) is 5.82 Å². The van der Waals surface area contributed by atoms with E-state index in [2.05, 4.69) is 32.6 Å². The Kier molecular flexibility index (Phi) is 6.49. The summed E-state index contributed by atoms with van der Waals surface area (Å²) in [7, 11) is -3.49. The zero-order valence-corrected chi connectivity index (χ0v) is 14.1. The molecule has 0 radical (unpaired) electrons. The number of hydrogen-bond donors (Lipinski definition) is 1. The van der Waals surface area contributed by atoms with Gasteiger partial charge in [-0.05, 0) is 26.2 Å². The summed E-state index contributed by atoms with van der Waals surface area (Å²) in [4.78, 5) is 4.46. The van der Waals surface area contributed by atoms with E-state index in [-0.39, 0.29) is 5.03 Å². The molecule has 1 unspecified atom stereocenters. The molecule has 0 bridgehead atoms. The fraction of sp³-hybridized carbons (Fsp3) is 0.750. The van der Waals surface area contributed by atoms with Crippen LogP contribution in [0.5, 0.6) is 0 Å². The molecule has 0 aromatic carbocycles. The fourth-order valence-corrected chi connectivity index (χ4v) is 2.99. The van der Waals surface area contributed by atoms with Crippen LogP contribution in [0.15, 0.2) is 11.2 Å². The Morgan fingerprint density at radius 1 is 1.47 bits per heavy atom. The lowest BCUT2D eigenvalue weighted by Crippen LogP contribution is -2.26. The maximum Gasteiger partial charge on any atom is 0.259 e. The van der Waals surface area contributed by atoms with Gasteiger partial charge in [0.2, 0.25) is 0 Å². The van der Waals surface area contributed by atoms with Crippen molar-refractivity contribution in [2.24, 2.45) is 0 Å². The van der Waals surface area contributed by atoms with Crippen molar-refractivity contribution in [1.82, 2.24) is 14.3 Å². The minimum atomic E-state index is -3.49. The van der Waals surface area contributed by atoms with Crippen LogP contribution in [0.2, 0.25) is 0 Å². The molecular formula is C12H22BrN3O2S. The highest BCUT2D eigenvalue weighted by molar-refractivity contribution is 9.09. The van der Waals surface area contributed by atoms with Crippen molar-refractivity contribution in [1.29, 1.82) is 0 Å². The minimum absolute atomic E-state index is 0.112. The average molecular weight is 352 g/mol. The van der Waals surface area contributed by atoms with Gasteiger partial charge >= 0.3 is 0 Å². The number of aromatic nitrogens is 2. The van der Waals surface area contributed by atoms with Gasteiger partial charge in [-0.1, -0.05) is 29.8 Å². The summed E-state index contributed by atoms with van der Waals surface area (Å²) in [5.74, 6) is 0.731. The van der Waals surface area contributed by atoms with Gasteiger partial charge in [0.25, 0.3) is 10.0 Å². The Morgan fingerprint density at radius 3 is 2.74 bits per heavy atom. The number of halogens is 1. The molecule has 0 saturated carbocycles. The van der Waals surface area contributed by atoms with E-state index in [1.54, 1.807) is 6.20 Å². The standard InChI is InChI=1S/C12H22BrN3O2S/c1-4-8-16-9-12(15-10(16)3)19(17,18)14-7-6-11(13)5-2/h9,11,14H,4-8H2,1-3H3. The van der Waals surface area contributed by atoms with E-state index in [1.165, 1.54) is 0 Å². The number of nitrogens with one attached hydrogen (secondary N) is 1. The Hall–Kier alpha value is -0.400. The predicted molar refractivity (Wildman–Crippen MR) is 80.1 cm³/mol. The molecule has 110 valence electrons. The number of alkyl halides is 1. The highest BCUT2D eigenvalue weighted by Gasteiger charge is 2.18. The monoisotopic (exact) mass is 351 g/mol. The number of aryl methyl sites for hydroxylation is 2. The van der Waals surface area contributed by atoms with Crippen LogP contribution in [0.4, 0.5) is 0 Å². The molecule has 1 atom stereocenters. The lowest BCUT2D eigenvalue weighted by molar-refractivity contribution is 0.574. The molecule has 0 spiro atoms. The summed E-state index contributed by atoms with van der Waals surface area (Å²) in [6.07, 6.45) is 4.30. The van der Waals surface area contributed by atoms with Crippen molar-refractivity contribution in [3.05, 3.63) is 12.0 Å². The molecule has 5 nitrogen and oxygen atoms in total. The molecule has 7 heteroatoms. The summed E-state index contributed by atoms with van der Waals surface area (Å²) in [5.41, 5.74) is 0. The Labute approximate surface area is 124 Å².